The van der Waals surface area contributed by atoms with Gasteiger partial charge in [-0.15, -0.1) is 5.10 Å². The summed E-state index contributed by atoms with van der Waals surface area (Å²) in [6.45, 7) is 1.92. The van der Waals surface area contributed by atoms with Crippen molar-refractivity contribution >= 4 is 16.6 Å². The van der Waals surface area contributed by atoms with Gasteiger partial charge in [-0.05, 0) is 36.8 Å². The van der Waals surface area contributed by atoms with E-state index in [1.165, 1.54) is 10.6 Å². The highest BCUT2D eigenvalue weighted by molar-refractivity contribution is 5.85. The Balaban J connectivity index is 1.91. The molecular weight excluding hydrogens is 381 g/mol. The van der Waals surface area contributed by atoms with E-state index in [9.17, 15) is 13.2 Å². The minimum atomic E-state index is -4.66. The van der Waals surface area contributed by atoms with E-state index in [1.54, 1.807) is 35.3 Å². The first-order valence-electron chi connectivity index (χ1n) is 8.75. The number of para-hydroxylation sites is 1. The number of benzene rings is 1. The van der Waals surface area contributed by atoms with Crippen LogP contribution in [-0.4, -0.2) is 29.4 Å². The first kappa shape index (κ1) is 17.4. The molecule has 0 saturated carbocycles. The number of fused-ring (bicyclic) bond motifs is 2. The molecule has 1 aromatic carbocycles. The molecule has 6 nitrogen and oxygen atoms in total. The zero-order chi connectivity index (χ0) is 20.2. The van der Waals surface area contributed by atoms with Crippen molar-refractivity contribution < 1.29 is 13.2 Å². The van der Waals surface area contributed by atoms with E-state index in [2.05, 4.69) is 20.2 Å². The third-order valence-corrected chi connectivity index (χ3v) is 4.66. The molecule has 0 aliphatic carbocycles. The van der Waals surface area contributed by atoms with Gasteiger partial charge in [-0.25, -0.2) is 9.67 Å². The number of nitrogens with zero attached hydrogens (tertiary/aromatic N) is 6. The summed E-state index contributed by atoms with van der Waals surface area (Å²) >= 11 is 0. The second kappa shape index (κ2) is 6.13. The van der Waals surface area contributed by atoms with Gasteiger partial charge in [0.1, 0.15) is 0 Å². The molecule has 144 valence electrons. The van der Waals surface area contributed by atoms with E-state index < -0.39 is 12.0 Å². The van der Waals surface area contributed by atoms with Crippen LogP contribution in [0, 0.1) is 6.92 Å². The summed E-state index contributed by atoms with van der Waals surface area (Å²) < 4.78 is 42.6. The lowest BCUT2D eigenvalue weighted by atomic mass is 10.1. The van der Waals surface area contributed by atoms with E-state index in [0.717, 1.165) is 16.5 Å². The van der Waals surface area contributed by atoms with Gasteiger partial charge in [-0.2, -0.15) is 22.8 Å². The molecule has 0 unspecified atom stereocenters. The van der Waals surface area contributed by atoms with Gasteiger partial charge in [0.05, 0.1) is 17.4 Å². The number of rotatable bonds is 2. The Hall–Kier alpha value is -3.75. The maximum atomic E-state index is 13.3. The quantitative estimate of drug-likeness (QED) is 0.444. The molecule has 5 aromatic rings. The van der Waals surface area contributed by atoms with Crippen LogP contribution >= 0.6 is 0 Å². The first-order chi connectivity index (χ1) is 13.9. The first-order valence-corrected chi connectivity index (χ1v) is 8.75. The number of aryl methyl sites for hydroxylation is 1. The van der Waals surface area contributed by atoms with Crippen LogP contribution in [0.4, 0.5) is 13.2 Å². The number of alkyl halides is 3. The zero-order valence-electron chi connectivity index (χ0n) is 15.1. The molecule has 5 rings (SSSR count). The SMILES string of the molecule is Cc1cccc2cnn(-c3c(-c4ccccn4)ccc4nc(C(F)(F)F)nn34)c12. The average molecular weight is 394 g/mol. The molecule has 0 fully saturated rings. The summed E-state index contributed by atoms with van der Waals surface area (Å²) in [4.78, 5) is 8.02. The average Bonchev–Trinajstić information content (AvgIpc) is 3.33. The van der Waals surface area contributed by atoms with Gasteiger partial charge >= 0.3 is 6.18 Å². The van der Waals surface area contributed by atoms with Gasteiger partial charge in [-0.1, -0.05) is 24.3 Å². The highest BCUT2D eigenvalue weighted by Crippen LogP contribution is 2.32. The van der Waals surface area contributed by atoms with Crippen LogP contribution in [0.2, 0.25) is 0 Å². The number of halogens is 3. The van der Waals surface area contributed by atoms with Crippen LogP contribution in [0.3, 0.4) is 0 Å². The molecule has 0 amide bonds. The van der Waals surface area contributed by atoms with Crippen molar-refractivity contribution in [3.63, 3.8) is 0 Å². The van der Waals surface area contributed by atoms with E-state index in [-0.39, 0.29) is 5.65 Å². The monoisotopic (exact) mass is 394 g/mol. The van der Waals surface area contributed by atoms with Crippen LogP contribution in [0.25, 0.3) is 33.6 Å². The number of hydrogen-bond donors (Lipinski definition) is 0. The van der Waals surface area contributed by atoms with Gasteiger partial charge in [-0.3, -0.25) is 4.98 Å². The molecule has 0 N–H and O–H groups in total. The lowest BCUT2D eigenvalue weighted by Gasteiger charge is -2.13. The number of hydrogen-bond acceptors (Lipinski definition) is 4. The molecule has 0 radical (unpaired) electrons. The normalized spacial score (nSPS) is 12.1. The summed E-state index contributed by atoms with van der Waals surface area (Å²) in [5.74, 6) is -0.862. The molecule has 0 atom stereocenters. The Labute approximate surface area is 162 Å². The molecule has 0 saturated heterocycles. The van der Waals surface area contributed by atoms with Crippen molar-refractivity contribution in [1.82, 2.24) is 29.4 Å². The van der Waals surface area contributed by atoms with Crippen LogP contribution in [-0.2, 0) is 6.18 Å². The summed E-state index contributed by atoms with van der Waals surface area (Å²) in [5, 5.41) is 9.07. The molecular formula is C20H13F3N6. The maximum absolute atomic E-state index is 13.3. The standard InChI is InChI=1S/C20H13F3N6/c1-12-5-4-6-13-11-25-29(17(12)13)18-14(15-7-2-3-10-24-15)8-9-16-26-19(20(21,22)23)27-28(16)18/h2-11H,1H3. The van der Waals surface area contributed by atoms with Gasteiger partial charge in [0.15, 0.2) is 11.5 Å². The smallest absolute Gasteiger partial charge is 0.256 e. The lowest BCUT2D eigenvalue weighted by Crippen LogP contribution is -2.10. The van der Waals surface area contributed by atoms with Gasteiger partial charge in [0.2, 0.25) is 0 Å². The van der Waals surface area contributed by atoms with Gasteiger partial charge in [0, 0.05) is 17.1 Å². The maximum Gasteiger partial charge on any atom is 0.453 e. The predicted molar refractivity (Wildman–Crippen MR) is 101 cm³/mol. The Bertz CT molecular complexity index is 1350. The highest BCUT2D eigenvalue weighted by atomic mass is 19.4. The van der Waals surface area contributed by atoms with Crippen LogP contribution < -0.4 is 0 Å². The highest BCUT2D eigenvalue weighted by Gasteiger charge is 2.37. The minimum absolute atomic E-state index is 0.0734. The fraction of sp³-hybridized carbons (Fsp3) is 0.100. The minimum Gasteiger partial charge on any atom is -0.256 e. The van der Waals surface area contributed by atoms with Crippen LogP contribution in [0.5, 0.6) is 0 Å². The van der Waals surface area contributed by atoms with Crippen molar-refractivity contribution in [2.45, 2.75) is 13.1 Å². The molecule has 9 heteroatoms. The molecule has 0 aliphatic rings. The van der Waals surface area contributed by atoms with E-state index in [0.29, 0.717) is 17.1 Å². The molecule has 4 aromatic heterocycles. The Morgan fingerprint density at radius 2 is 1.83 bits per heavy atom. The fourth-order valence-corrected chi connectivity index (χ4v) is 3.39. The second-order valence-corrected chi connectivity index (χ2v) is 6.56. The van der Waals surface area contributed by atoms with E-state index in [4.69, 9.17) is 0 Å². The molecule has 0 bridgehead atoms. The summed E-state index contributed by atoms with van der Waals surface area (Å²) in [5.41, 5.74) is 2.96. The van der Waals surface area contributed by atoms with Crippen LogP contribution in [0.1, 0.15) is 11.4 Å². The molecule has 4 heterocycles. The largest absolute Gasteiger partial charge is 0.453 e. The van der Waals surface area contributed by atoms with Crippen molar-refractivity contribution in [2.24, 2.45) is 0 Å². The number of pyridine rings is 2. The summed E-state index contributed by atoms with van der Waals surface area (Å²) in [7, 11) is 0. The van der Waals surface area contributed by atoms with Crippen LogP contribution in [0.15, 0.2) is 60.9 Å². The third-order valence-electron chi connectivity index (χ3n) is 4.66. The van der Waals surface area contributed by atoms with E-state index in [1.807, 2.05) is 31.2 Å². The fourth-order valence-electron chi connectivity index (χ4n) is 3.39. The topological polar surface area (TPSA) is 60.9 Å². The summed E-state index contributed by atoms with van der Waals surface area (Å²) in [6, 6.07) is 14.3. The molecule has 0 aliphatic heterocycles. The lowest BCUT2D eigenvalue weighted by molar-refractivity contribution is -0.144. The Kier molecular flexibility index (Phi) is 3.67. The molecule has 29 heavy (non-hydrogen) atoms. The van der Waals surface area contributed by atoms with Crippen molar-refractivity contribution in [2.75, 3.05) is 0 Å². The third kappa shape index (κ3) is 2.74. The second-order valence-electron chi connectivity index (χ2n) is 6.56. The van der Waals surface area contributed by atoms with Crippen molar-refractivity contribution in [1.29, 1.82) is 0 Å². The Morgan fingerprint density at radius 3 is 2.59 bits per heavy atom. The Morgan fingerprint density at radius 1 is 0.966 bits per heavy atom. The van der Waals surface area contributed by atoms with Gasteiger partial charge < -0.3 is 0 Å². The van der Waals surface area contributed by atoms with E-state index >= 15 is 0 Å². The van der Waals surface area contributed by atoms with Gasteiger partial charge in [0.25, 0.3) is 5.82 Å². The number of aromatic nitrogens is 6. The zero-order valence-corrected chi connectivity index (χ0v) is 15.1. The predicted octanol–water partition coefficient (Wildman–Crippen LogP) is 4.46. The van der Waals surface area contributed by atoms with Crippen molar-refractivity contribution in [3.05, 3.63) is 72.3 Å². The summed E-state index contributed by atoms with van der Waals surface area (Å²) in [6.07, 6.45) is -1.36. The molecule has 0 spiro atoms. The van der Waals surface area contributed by atoms with Crippen molar-refractivity contribution in [3.8, 4) is 17.1 Å².